The largest absolute Gasteiger partial charge is 0.378 e. The molecule has 17 heavy (non-hydrogen) atoms. The summed E-state index contributed by atoms with van der Waals surface area (Å²) in [5.74, 6) is -0.132. The molecule has 0 bridgehead atoms. The fourth-order valence-electron chi connectivity index (χ4n) is 1.33. The number of hydrogen-bond acceptors (Lipinski definition) is 3. The second-order valence-electron chi connectivity index (χ2n) is 4.38. The maximum Gasteiger partial charge on any atom is 0.227 e. The van der Waals surface area contributed by atoms with Crippen LogP contribution in [0, 0.1) is 11.3 Å². The molecule has 1 amide bonds. The van der Waals surface area contributed by atoms with Crippen LogP contribution in [0.25, 0.3) is 0 Å². The van der Waals surface area contributed by atoms with Crippen LogP contribution < -0.4 is 5.32 Å². The molecule has 4 heteroatoms. The average molecular weight is 232 g/mol. The van der Waals surface area contributed by atoms with E-state index in [1.54, 1.807) is 31.4 Å². The Kier molecular flexibility index (Phi) is 4.24. The van der Waals surface area contributed by atoms with Crippen LogP contribution in [0.3, 0.4) is 0 Å². The highest BCUT2D eigenvalue weighted by atomic mass is 16.5. The standard InChI is InChI=1S/C13H16N2O2/c1-13(2,17-3)8-12(16)15-11-6-4-5-10(7-11)9-14/h4-7H,8H2,1-3H3,(H,15,16). The van der Waals surface area contributed by atoms with Crippen molar-refractivity contribution in [3.63, 3.8) is 0 Å². The summed E-state index contributed by atoms with van der Waals surface area (Å²) in [5, 5.41) is 11.5. The molecule has 0 saturated heterocycles. The molecule has 0 aliphatic heterocycles. The van der Waals surface area contributed by atoms with Crippen molar-refractivity contribution in [1.29, 1.82) is 5.26 Å². The van der Waals surface area contributed by atoms with Crippen molar-refractivity contribution in [2.24, 2.45) is 0 Å². The average Bonchev–Trinajstić information content (AvgIpc) is 2.28. The molecule has 90 valence electrons. The zero-order valence-corrected chi connectivity index (χ0v) is 10.3. The maximum atomic E-state index is 11.7. The number of methoxy groups -OCH3 is 1. The van der Waals surface area contributed by atoms with Gasteiger partial charge in [-0.2, -0.15) is 5.26 Å². The highest BCUT2D eigenvalue weighted by Crippen LogP contribution is 2.15. The van der Waals surface area contributed by atoms with E-state index in [0.29, 0.717) is 11.3 Å². The van der Waals surface area contributed by atoms with E-state index < -0.39 is 5.60 Å². The number of benzene rings is 1. The first-order valence-electron chi connectivity index (χ1n) is 5.32. The molecule has 4 nitrogen and oxygen atoms in total. The van der Waals surface area contributed by atoms with Crippen LogP contribution in [0.15, 0.2) is 24.3 Å². The molecule has 0 unspecified atom stereocenters. The Labute approximate surface area is 101 Å². The monoisotopic (exact) mass is 232 g/mol. The van der Waals surface area contributed by atoms with Crippen LogP contribution in [0.4, 0.5) is 5.69 Å². The molecule has 1 rings (SSSR count). The first-order valence-corrected chi connectivity index (χ1v) is 5.32. The molecule has 0 aromatic heterocycles. The van der Waals surface area contributed by atoms with Crippen LogP contribution in [0.2, 0.25) is 0 Å². The van der Waals surface area contributed by atoms with E-state index >= 15 is 0 Å². The Bertz CT molecular complexity index is 447. The number of nitrogens with zero attached hydrogens (tertiary/aromatic N) is 1. The van der Waals surface area contributed by atoms with Crippen LogP contribution in [0.5, 0.6) is 0 Å². The Morgan fingerprint density at radius 3 is 2.82 bits per heavy atom. The van der Waals surface area contributed by atoms with Crippen LogP contribution in [-0.2, 0) is 9.53 Å². The zero-order chi connectivity index (χ0) is 12.9. The van der Waals surface area contributed by atoms with Crippen molar-refractivity contribution < 1.29 is 9.53 Å². The second-order valence-corrected chi connectivity index (χ2v) is 4.38. The van der Waals surface area contributed by atoms with Gasteiger partial charge < -0.3 is 10.1 Å². The number of nitrogens with one attached hydrogen (secondary N) is 1. The summed E-state index contributed by atoms with van der Waals surface area (Å²) in [5.41, 5.74) is 0.659. The highest BCUT2D eigenvalue weighted by Gasteiger charge is 2.20. The molecule has 1 aromatic rings. The molecular weight excluding hydrogens is 216 g/mol. The number of carbonyl (C=O) groups is 1. The summed E-state index contributed by atoms with van der Waals surface area (Å²) in [6.07, 6.45) is 0.264. The predicted molar refractivity (Wildman–Crippen MR) is 65.5 cm³/mol. The number of rotatable bonds is 4. The van der Waals surface area contributed by atoms with Gasteiger partial charge in [-0.1, -0.05) is 6.07 Å². The molecule has 0 fully saturated rings. The van der Waals surface area contributed by atoms with Crippen molar-refractivity contribution in [1.82, 2.24) is 0 Å². The summed E-state index contributed by atoms with van der Waals surface area (Å²) >= 11 is 0. The summed E-state index contributed by atoms with van der Waals surface area (Å²) in [7, 11) is 1.57. The van der Waals surface area contributed by atoms with Gasteiger partial charge in [0, 0.05) is 12.8 Å². The van der Waals surface area contributed by atoms with Gasteiger partial charge in [0.1, 0.15) is 0 Å². The highest BCUT2D eigenvalue weighted by molar-refractivity contribution is 5.91. The van der Waals surface area contributed by atoms with Gasteiger partial charge in [-0.05, 0) is 32.0 Å². The van der Waals surface area contributed by atoms with Gasteiger partial charge in [0.15, 0.2) is 0 Å². The van der Waals surface area contributed by atoms with Crippen molar-refractivity contribution in [3.8, 4) is 6.07 Å². The van der Waals surface area contributed by atoms with E-state index in [-0.39, 0.29) is 12.3 Å². The van der Waals surface area contributed by atoms with Crippen molar-refractivity contribution >= 4 is 11.6 Å². The van der Waals surface area contributed by atoms with E-state index in [9.17, 15) is 4.79 Å². The van der Waals surface area contributed by atoms with Crippen molar-refractivity contribution in [2.75, 3.05) is 12.4 Å². The van der Waals surface area contributed by atoms with Crippen LogP contribution >= 0.6 is 0 Å². The molecule has 0 heterocycles. The van der Waals surface area contributed by atoms with Crippen molar-refractivity contribution in [3.05, 3.63) is 29.8 Å². The topological polar surface area (TPSA) is 62.1 Å². The van der Waals surface area contributed by atoms with E-state index in [0.717, 1.165) is 0 Å². The van der Waals surface area contributed by atoms with Gasteiger partial charge in [-0.25, -0.2) is 0 Å². The van der Waals surface area contributed by atoms with Crippen LogP contribution in [-0.4, -0.2) is 18.6 Å². The summed E-state index contributed by atoms with van der Waals surface area (Å²) in [6.45, 7) is 3.69. The molecule has 0 saturated carbocycles. The third-order valence-corrected chi connectivity index (χ3v) is 2.41. The molecule has 0 radical (unpaired) electrons. The van der Waals surface area contributed by atoms with Gasteiger partial charge in [0.25, 0.3) is 0 Å². The van der Waals surface area contributed by atoms with Gasteiger partial charge in [-0.15, -0.1) is 0 Å². The second kappa shape index (κ2) is 5.46. The Hall–Kier alpha value is -1.86. The number of hydrogen-bond donors (Lipinski definition) is 1. The number of ether oxygens (including phenoxy) is 1. The zero-order valence-electron chi connectivity index (χ0n) is 10.3. The molecule has 0 spiro atoms. The molecule has 1 aromatic carbocycles. The molecule has 0 atom stereocenters. The minimum atomic E-state index is -0.489. The molecule has 0 aliphatic rings. The SMILES string of the molecule is COC(C)(C)CC(=O)Nc1cccc(C#N)c1. The third-order valence-electron chi connectivity index (χ3n) is 2.41. The van der Waals surface area contributed by atoms with Crippen LogP contribution in [0.1, 0.15) is 25.8 Å². The van der Waals surface area contributed by atoms with E-state index in [2.05, 4.69) is 5.32 Å². The Balaban J connectivity index is 2.66. The Morgan fingerprint density at radius 1 is 1.53 bits per heavy atom. The fourth-order valence-corrected chi connectivity index (χ4v) is 1.33. The minimum absolute atomic E-state index is 0.132. The lowest BCUT2D eigenvalue weighted by Gasteiger charge is -2.21. The molecule has 1 N–H and O–H groups in total. The summed E-state index contributed by atoms with van der Waals surface area (Å²) in [4.78, 5) is 11.7. The van der Waals surface area contributed by atoms with Gasteiger partial charge >= 0.3 is 0 Å². The molecule has 0 aliphatic carbocycles. The summed E-state index contributed by atoms with van der Waals surface area (Å²) in [6, 6.07) is 8.83. The summed E-state index contributed by atoms with van der Waals surface area (Å²) < 4.78 is 5.18. The van der Waals surface area contributed by atoms with Gasteiger partial charge in [0.05, 0.1) is 23.7 Å². The van der Waals surface area contributed by atoms with Gasteiger partial charge in [-0.3, -0.25) is 4.79 Å². The first kappa shape index (κ1) is 13.2. The number of anilines is 1. The smallest absolute Gasteiger partial charge is 0.227 e. The normalized spacial score (nSPS) is 10.7. The number of amides is 1. The number of nitriles is 1. The fraction of sp³-hybridized carbons (Fsp3) is 0.385. The van der Waals surface area contributed by atoms with E-state index in [1.165, 1.54) is 0 Å². The minimum Gasteiger partial charge on any atom is -0.378 e. The first-order chi connectivity index (χ1) is 7.96. The molecular formula is C13H16N2O2. The third kappa shape index (κ3) is 4.25. The lowest BCUT2D eigenvalue weighted by molar-refractivity contribution is -0.121. The quantitative estimate of drug-likeness (QED) is 0.866. The Morgan fingerprint density at radius 2 is 2.24 bits per heavy atom. The lowest BCUT2D eigenvalue weighted by Crippen LogP contribution is -2.29. The number of carbonyl (C=O) groups excluding carboxylic acids is 1. The van der Waals surface area contributed by atoms with Gasteiger partial charge in [0.2, 0.25) is 5.91 Å². The van der Waals surface area contributed by atoms with E-state index in [1.807, 2.05) is 19.9 Å². The van der Waals surface area contributed by atoms with E-state index in [4.69, 9.17) is 10.00 Å². The lowest BCUT2D eigenvalue weighted by atomic mass is 10.0. The van der Waals surface area contributed by atoms with Crippen molar-refractivity contribution in [2.45, 2.75) is 25.9 Å². The predicted octanol–water partition coefficient (Wildman–Crippen LogP) is 2.31. The maximum absolute atomic E-state index is 11.7.